The van der Waals surface area contributed by atoms with Gasteiger partial charge in [0.25, 0.3) is 11.5 Å². The number of aromatic nitrogens is 2. The van der Waals surface area contributed by atoms with Crippen LogP contribution in [0.1, 0.15) is 35.9 Å². The molecule has 144 valence electrons. The molecular formula is C21H21N3O4. The van der Waals surface area contributed by atoms with Crippen LogP contribution in [-0.4, -0.2) is 28.3 Å². The van der Waals surface area contributed by atoms with E-state index >= 15 is 0 Å². The second kappa shape index (κ2) is 8.47. The molecule has 1 aromatic heterocycles. The summed E-state index contributed by atoms with van der Waals surface area (Å²) in [7, 11) is 0. The molecule has 1 unspecified atom stereocenters. The van der Waals surface area contributed by atoms with Crippen molar-refractivity contribution < 1.29 is 14.3 Å². The predicted molar refractivity (Wildman–Crippen MR) is 105 cm³/mol. The molecule has 2 aromatic carbocycles. The number of amides is 1. The number of esters is 1. The third-order valence-electron chi connectivity index (χ3n) is 4.37. The second-order valence-electron chi connectivity index (χ2n) is 6.29. The van der Waals surface area contributed by atoms with E-state index in [2.05, 4.69) is 10.4 Å². The molecule has 1 atom stereocenters. The number of nitrogens with zero attached hydrogens (tertiary/aromatic N) is 2. The number of ether oxygens (including phenoxy) is 1. The summed E-state index contributed by atoms with van der Waals surface area (Å²) in [6.45, 7) is 3.49. The van der Waals surface area contributed by atoms with Crippen LogP contribution in [0.4, 0.5) is 0 Å². The normalized spacial score (nSPS) is 11.8. The first-order valence-electron chi connectivity index (χ1n) is 9.02. The van der Waals surface area contributed by atoms with Gasteiger partial charge in [-0.25, -0.2) is 9.48 Å². The summed E-state index contributed by atoms with van der Waals surface area (Å²) < 4.78 is 6.35. The van der Waals surface area contributed by atoms with E-state index < -0.39 is 18.5 Å². The molecule has 0 saturated heterocycles. The van der Waals surface area contributed by atoms with E-state index in [1.54, 1.807) is 31.2 Å². The highest BCUT2D eigenvalue weighted by Gasteiger charge is 2.19. The zero-order chi connectivity index (χ0) is 20.1. The van der Waals surface area contributed by atoms with E-state index in [0.717, 1.165) is 5.56 Å². The van der Waals surface area contributed by atoms with E-state index in [0.29, 0.717) is 17.3 Å². The molecule has 7 nitrogen and oxygen atoms in total. The fourth-order valence-electron chi connectivity index (χ4n) is 2.91. The topological polar surface area (TPSA) is 90.3 Å². The van der Waals surface area contributed by atoms with Gasteiger partial charge < -0.3 is 10.1 Å². The third kappa shape index (κ3) is 4.09. The van der Waals surface area contributed by atoms with E-state index in [-0.39, 0.29) is 17.3 Å². The van der Waals surface area contributed by atoms with Crippen LogP contribution in [0.15, 0.2) is 59.4 Å². The molecule has 1 heterocycles. The highest BCUT2D eigenvalue weighted by atomic mass is 16.5. The lowest BCUT2D eigenvalue weighted by atomic mass is 10.1. The fourth-order valence-corrected chi connectivity index (χ4v) is 2.91. The number of carbonyl (C=O) groups excluding carboxylic acids is 2. The molecule has 0 saturated carbocycles. The van der Waals surface area contributed by atoms with Crippen LogP contribution in [-0.2, 0) is 16.1 Å². The van der Waals surface area contributed by atoms with Crippen LogP contribution in [0.3, 0.4) is 0 Å². The van der Waals surface area contributed by atoms with Gasteiger partial charge >= 0.3 is 5.97 Å². The van der Waals surface area contributed by atoms with Gasteiger partial charge in [-0.15, -0.1) is 0 Å². The van der Waals surface area contributed by atoms with Crippen molar-refractivity contribution in [2.45, 2.75) is 26.4 Å². The van der Waals surface area contributed by atoms with Crippen LogP contribution in [0, 0.1) is 0 Å². The average Bonchev–Trinajstić information content (AvgIpc) is 2.73. The SMILES string of the molecule is CCn1nc(C(=O)OCC(=O)NC(C)c2ccccc2)c2ccccc2c1=O. The Labute approximate surface area is 161 Å². The molecule has 0 bridgehead atoms. The molecule has 28 heavy (non-hydrogen) atoms. The lowest BCUT2D eigenvalue weighted by molar-refractivity contribution is -0.124. The summed E-state index contributed by atoms with van der Waals surface area (Å²) in [5.41, 5.74) is 0.690. The first kappa shape index (κ1) is 19.3. The molecular weight excluding hydrogens is 358 g/mol. The Kier molecular flexibility index (Phi) is 5.84. The molecule has 0 spiro atoms. The summed E-state index contributed by atoms with van der Waals surface area (Å²) in [6, 6.07) is 16.0. The smallest absolute Gasteiger partial charge is 0.359 e. The minimum atomic E-state index is -0.749. The molecule has 3 rings (SSSR count). The number of benzene rings is 2. The van der Waals surface area contributed by atoms with Crippen LogP contribution < -0.4 is 10.9 Å². The maximum absolute atomic E-state index is 12.5. The van der Waals surface area contributed by atoms with Crippen molar-refractivity contribution >= 4 is 22.6 Å². The van der Waals surface area contributed by atoms with Gasteiger partial charge in [0.2, 0.25) is 0 Å². The number of carbonyl (C=O) groups is 2. The highest BCUT2D eigenvalue weighted by Crippen LogP contribution is 2.14. The van der Waals surface area contributed by atoms with Gasteiger partial charge in [0.1, 0.15) is 0 Å². The lowest BCUT2D eigenvalue weighted by Gasteiger charge is -2.14. The number of aryl methyl sites for hydroxylation is 1. The largest absolute Gasteiger partial charge is 0.451 e. The monoisotopic (exact) mass is 379 g/mol. The molecule has 0 fully saturated rings. The van der Waals surface area contributed by atoms with E-state index in [4.69, 9.17) is 4.74 Å². The summed E-state index contributed by atoms with van der Waals surface area (Å²) in [5, 5.41) is 7.67. The van der Waals surface area contributed by atoms with E-state index in [1.807, 2.05) is 37.3 Å². The quantitative estimate of drug-likeness (QED) is 0.665. The molecule has 0 radical (unpaired) electrons. The van der Waals surface area contributed by atoms with Crippen molar-refractivity contribution in [3.63, 3.8) is 0 Å². The zero-order valence-electron chi connectivity index (χ0n) is 15.7. The number of fused-ring (bicyclic) bond motifs is 1. The summed E-state index contributed by atoms with van der Waals surface area (Å²) >= 11 is 0. The molecule has 0 aliphatic heterocycles. The molecule has 1 amide bonds. The Balaban J connectivity index is 1.72. The number of hydrogen-bond acceptors (Lipinski definition) is 5. The minimum Gasteiger partial charge on any atom is -0.451 e. The minimum absolute atomic E-state index is 0.0148. The predicted octanol–water partition coefficient (Wildman–Crippen LogP) is 2.45. The first-order valence-corrected chi connectivity index (χ1v) is 9.02. The molecule has 3 aromatic rings. The Morgan fingerprint density at radius 3 is 2.39 bits per heavy atom. The second-order valence-corrected chi connectivity index (χ2v) is 6.29. The Morgan fingerprint density at radius 1 is 1.07 bits per heavy atom. The van der Waals surface area contributed by atoms with Crippen molar-refractivity contribution in [1.82, 2.24) is 15.1 Å². The summed E-state index contributed by atoms with van der Waals surface area (Å²) in [6.07, 6.45) is 0. The molecule has 1 N–H and O–H groups in total. The van der Waals surface area contributed by atoms with Gasteiger partial charge in [0, 0.05) is 11.9 Å². The fraction of sp³-hybridized carbons (Fsp3) is 0.238. The van der Waals surface area contributed by atoms with Crippen molar-refractivity contribution in [2.75, 3.05) is 6.61 Å². The van der Waals surface area contributed by atoms with Gasteiger partial charge in [-0.1, -0.05) is 48.5 Å². The Bertz CT molecular complexity index is 1060. The van der Waals surface area contributed by atoms with E-state index in [1.165, 1.54) is 4.68 Å². The van der Waals surface area contributed by atoms with Crippen molar-refractivity contribution in [3.8, 4) is 0 Å². The van der Waals surface area contributed by atoms with Crippen LogP contribution in [0.2, 0.25) is 0 Å². The maximum Gasteiger partial charge on any atom is 0.359 e. The average molecular weight is 379 g/mol. The van der Waals surface area contributed by atoms with Crippen molar-refractivity contribution in [2.24, 2.45) is 0 Å². The van der Waals surface area contributed by atoms with Gasteiger partial charge in [-0.3, -0.25) is 9.59 Å². The lowest BCUT2D eigenvalue weighted by Crippen LogP contribution is -2.32. The Morgan fingerprint density at radius 2 is 1.71 bits per heavy atom. The van der Waals surface area contributed by atoms with Gasteiger partial charge in [-0.05, 0) is 25.5 Å². The Hall–Kier alpha value is -3.48. The zero-order valence-corrected chi connectivity index (χ0v) is 15.7. The number of rotatable bonds is 6. The molecule has 0 aliphatic rings. The van der Waals surface area contributed by atoms with Crippen molar-refractivity contribution in [3.05, 3.63) is 76.2 Å². The summed E-state index contributed by atoms with van der Waals surface area (Å²) in [5.74, 6) is -1.17. The van der Waals surface area contributed by atoms with Gasteiger partial charge in [0.05, 0.1) is 11.4 Å². The van der Waals surface area contributed by atoms with Gasteiger partial charge in [0.15, 0.2) is 12.3 Å². The number of nitrogens with one attached hydrogen (secondary N) is 1. The van der Waals surface area contributed by atoms with Crippen LogP contribution >= 0.6 is 0 Å². The summed E-state index contributed by atoms with van der Waals surface area (Å²) in [4.78, 5) is 37.0. The van der Waals surface area contributed by atoms with Crippen LogP contribution in [0.25, 0.3) is 10.8 Å². The third-order valence-corrected chi connectivity index (χ3v) is 4.37. The maximum atomic E-state index is 12.5. The molecule has 0 aliphatic carbocycles. The van der Waals surface area contributed by atoms with Crippen LogP contribution in [0.5, 0.6) is 0 Å². The van der Waals surface area contributed by atoms with Gasteiger partial charge in [-0.2, -0.15) is 5.10 Å². The number of hydrogen-bond donors (Lipinski definition) is 1. The highest BCUT2D eigenvalue weighted by molar-refractivity contribution is 6.02. The van der Waals surface area contributed by atoms with Crippen molar-refractivity contribution in [1.29, 1.82) is 0 Å². The first-order chi connectivity index (χ1) is 13.5. The van der Waals surface area contributed by atoms with E-state index in [9.17, 15) is 14.4 Å². The standard InChI is InChI=1S/C21H21N3O4/c1-3-24-20(26)17-12-8-7-11-16(17)19(23-24)21(27)28-13-18(25)22-14(2)15-9-5-4-6-10-15/h4-12,14H,3,13H2,1-2H3,(H,22,25). The molecule has 7 heteroatoms.